The third kappa shape index (κ3) is 2.85. The highest BCUT2D eigenvalue weighted by molar-refractivity contribution is 5.82. The smallest absolute Gasteiger partial charge is 0.330 e. The van der Waals surface area contributed by atoms with Crippen molar-refractivity contribution in [3.63, 3.8) is 0 Å². The molecule has 4 aliphatic rings. The normalized spacial score (nSPS) is 39.0. The van der Waals surface area contributed by atoms with Gasteiger partial charge in [-0.2, -0.15) is 0 Å². The van der Waals surface area contributed by atoms with Crippen LogP contribution in [0.4, 0.5) is 0 Å². The minimum Gasteiger partial charge on any atom is -0.459 e. The van der Waals surface area contributed by atoms with Crippen molar-refractivity contribution in [1.29, 1.82) is 0 Å². The summed E-state index contributed by atoms with van der Waals surface area (Å²) in [6, 6.07) is 0. The molecule has 0 aromatic carbocycles. The summed E-state index contributed by atoms with van der Waals surface area (Å²) in [7, 11) is 0. The van der Waals surface area contributed by atoms with E-state index in [4.69, 9.17) is 14.2 Å². The molecule has 4 bridgehead atoms. The second-order valence-corrected chi connectivity index (χ2v) is 7.40. The minimum atomic E-state index is -0.790. The summed E-state index contributed by atoms with van der Waals surface area (Å²) < 4.78 is 17.0. The lowest BCUT2D eigenvalue weighted by atomic mass is 9.50. The van der Waals surface area contributed by atoms with Gasteiger partial charge in [-0.1, -0.05) is 13.2 Å². The van der Waals surface area contributed by atoms with Gasteiger partial charge in [0.2, 0.25) is 0 Å². The molecule has 4 fully saturated rings. The summed E-state index contributed by atoms with van der Waals surface area (Å²) in [6.45, 7) is 8.25. The Labute approximate surface area is 140 Å². The lowest BCUT2D eigenvalue weighted by molar-refractivity contribution is -0.269. The molecule has 130 valence electrons. The average molecular weight is 334 g/mol. The maximum absolute atomic E-state index is 11.8. The van der Waals surface area contributed by atoms with E-state index in [1.54, 1.807) is 0 Å². The molecule has 0 aromatic heterocycles. The molecular formula is C18H22O6. The molecule has 4 aliphatic carbocycles. The van der Waals surface area contributed by atoms with Crippen LogP contribution >= 0.6 is 0 Å². The predicted octanol–water partition coefficient (Wildman–Crippen LogP) is 2.22. The molecule has 24 heavy (non-hydrogen) atoms. The number of carbonyl (C=O) groups excluding carboxylic acids is 3. The summed E-state index contributed by atoms with van der Waals surface area (Å²) >= 11 is 0. The highest BCUT2D eigenvalue weighted by atomic mass is 16.6. The first kappa shape index (κ1) is 16.7. The Balaban J connectivity index is 1.97. The van der Waals surface area contributed by atoms with E-state index in [0.717, 1.165) is 12.2 Å². The molecule has 0 aliphatic heterocycles. The molecule has 2 atom stereocenters. The topological polar surface area (TPSA) is 78.9 Å². The molecule has 0 radical (unpaired) electrons. The van der Waals surface area contributed by atoms with Crippen molar-refractivity contribution in [2.24, 2.45) is 5.92 Å². The molecule has 0 saturated heterocycles. The maximum atomic E-state index is 11.8. The van der Waals surface area contributed by atoms with Crippen molar-refractivity contribution >= 4 is 17.9 Å². The van der Waals surface area contributed by atoms with E-state index in [1.807, 2.05) is 0 Å². The van der Waals surface area contributed by atoms with Gasteiger partial charge < -0.3 is 14.2 Å². The van der Waals surface area contributed by atoms with E-state index in [9.17, 15) is 14.4 Å². The van der Waals surface area contributed by atoms with Gasteiger partial charge in [0.25, 0.3) is 0 Å². The third-order valence-corrected chi connectivity index (χ3v) is 5.24. The number of rotatable bonds is 5. The van der Waals surface area contributed by atoms with E-state index in [2.05, 4.69) is 13.2 Å². The van der Waals surface area contributed by atoms with E-state index < -0.39 is 28.7 Å². The van der Waals surface area contributed by atoms with Crippen molar-refractivity contribution in [1.82, 2.24) is 0 Å². The standard InChI is InChI=1S/C18H22O6/c1-4-14(20)23-17-7-13-6-16(9-17,22-12(3)19)10-18(8-13,11-17)24-15(21)5-2/h4-5,13H,1-2,6-11H2,3H3. The Kier molecular flexibility index (Phi) is 3.81. The summed E-state index contributed by atoms with van der Waals surface area (Å²) in [5, 5.41) is 0. The second-order valence-electron chi connectivity index (χ2n) is 7.40. The minimum absolute atomic E-state index is 0.163. The van der Waals surface area contributed by atoms with Crippen LogP contribution in [0.15, 0.2) is 25.3 Å². The van der Waals surface area contributed by atoms with Crippen molar-refractivity contribution in [3.8, 4) is 0 Å². The number of ether oxygens (including phenoxy) is 3. The molecule has 2 unspecified atom stereocenters. The summed E-state index contributed by atoms with van der Waals surface area (Å²) in [6.07, 6.45) is 5.60. The highest BCUT2D eigenvalue weighted by Crippen LogP contribution is 2.63. The lowest BCUT2D eigenvalue weighted by Gasteiger charge is -2.63. The molecule has 6 heteroatoms. The lowest BCUT2D eigenvalue weighted by Crippen LogP contribution is -2.68. The zero-order valence-electron chi connectivity index (χ0n) is 13.8. The molecule has 0 heterocycles. The van der Waals surface area contributed by atoms with Crippen LogP contribution in [0.1, 0.15) is 45.4 Å². The zero-order chi connectivity index (χ0) is 17.6. The van der Waals surface area contributed by atoms with Gasteiger partial charge in [-0.3, -0.25) is 4.79 Å². The van der Waals surface area contributed by atoms with Crippen molar-refractivity contribution in [2.45, 2.75) is 62.3 Å². The van der Waals surface area contributed by atoms with E-state index in [1.165, 1.54) is 6.92 Å². The van der Waals surface area contributed by atoms with Crippen LogP contribution in [0.25, 0.3) is 0 Å². The number of esters is 3. The van der Waals surface area contributed by atoms with Crippen molar-refractivity contribution in [3.05, 3.63) is 25.3 Å². The Hall–Kier alpha value is -2.11. The van der Waals surface area contributed by atoms with Crippen LogP contribution < -0.4 is 0 Å². The molecule has 4 rings (SSSR count). The number of hydrogen-bond donors (Lipinski definition) is 0. The summed E-state index contributed by atoms with van der Waals surface area (Å²) in [5.74, 6) is -1.25. The Morgan fingerprint density at radius 2 is 1.21 bits per heavy atom. The van der Waals surface area contributed by atoms with Gasteiger partial charge in [0, 0.05) is 38.3 Å². The SMILES string of the molecule is C=CC(=O)OC12CC3CC(OC(C)=O)(C1)CC(OC(=O)C=C)(C3)C2. The Morgan fingerprint density at radius 1 is 0.833 bits per heavy atom. The van der Waals surface area contributed by atoms with Gasteiger partial charge in [0.05, 0.1) is 0 Å². The van der Waals surface area contributed by atoms with Crippen LogP contribution in [-0.4, -0.2) is 34.7 Å². The van der Waals surface area contributed by atoms with Crippen LogP contribution in [0.2, 0.25) is 0 Å². The van der Waals surface area contributed by atoms with Crippen molar-refractivity contribution < 1.29 is 28.6 Å². The van der Waals surface area contributed by atoms with Gasteiger partial charge in [-0.25, -0.2) is 9.59 Å². The average Bonchev–Trinajstić information content (AvgIpc) is 2.42. The first-order valence-corrected chi connectivity index (χ1v) is 8.14. The quantitative estimate of drug-likeness (QED) is 0.436. The summed E-state index contributed by atoms with van der Waals surface area (Å²) in [4.78, 5) is 35.3. The largest absolute Gasteiger partial charge is 0.459 e. The first-order chi connectivity index (χ1) is 11.2. The molecule has 0 spiro atoms. The first-order valence-electron chi connectivity index (χ1n) is 8.14. The van der Waals surface area contributed by atoms with Gasteiger partial charge >= 0.3 is 17.9 Å². The molecule has 0 aromatic rings. The summed E-state index contributed by atoms with van der Waals surface area (Å²) in [5.41, 5.74) is -2.34. The molecule has 0 amide bonds. The molecular weight excluding hydrogens is 312 g/mol. The van der Waals surface area contributed by atoms with Gasteiger partial charge in [0.1, 0.15) is 16.8 Å². The van der Waals surface area contributed by atoms with Gasteiger partial charge in [-0.05, 0) is 25.2 Å². The Bertz CT molecular complexity index is 583. The van der Waals surface area contributed by atoms with Crippen LogP contribution in [-0.2, 0) is 28.6 Å². The fourth-order valence-electron chi connectivity index (χ4n) is 5.33. The fourth-order valence-corrected chi connectivity index (χ4v) is 5.33. The fraction of sp³-hybridized carbons (Fsp3) is 0.611. The highest BCUT2D eigenvalue weighted by Gasteiger charge is 2.68. The third-order valence-electron chi connectivity index (χ3n) is 5.24. The maximum Gasteiger partial charge on any atom is 0.330 e. The molecule has 4 saturated carbocycles. The van der Waals surface area contributed by atoms with E-state index >= 15 is 0 Å². The van der Waals surface area contributed by atoms with Crippen LogP contribution in [0, 0.1) is 5.92 Å². The Morgan fingerprint density at radius 3 is 1.54 bits per heavy atom. The van der Waals surface area contributed by atoms with Gasteiger partial charge in [-0.15, -0.1) is 0 Å². The monoisotopic (exact) mass is 334 g/mol. The van der Waals surface area contributed by atoms with E-state index in [0.29, 0.717) is 38.5 Å². The van der Waals surface area contributed by atoms with Gasteiger partial charge in [0.15, 0.2) is 0 Å². The van der Waals surface area contributed by atoms with Crippen LogP contribution in [0.3, 0.4) is 0 Å². The van der Waals surface area contributed by atoms with Crippen molar-refractivity contribution in [2.75, 3.05) is 0 Å². The second kappa shape index (κ2) is 5.46. The molecule has 6 nitrogen and oxygen atoms in total. The van der Waals surface area contributed by atoms with Crippen LogP contribution in [0.5, 0.6) is 0 Å². The van der Waals surface area contributed by atoms with E-state index in [-0.39, 0.29) is 11.9 Å². The number of hydrogen-bond acceptors (Lipinski definition) is 6. The predicted molar refractivity (Wildman–Crippen MR) is 83.7 cm³/mol. The molecule has 0 N–H and O–H groups in total. The number of carbonyl (C=O) groups is 3. The zero-order valence-corrected chi connectivity index (χ0v) is 13.8.